The van der Waals surface area contributed by atoms with E-state index in [1.165, 1.54) is 0 Å². The summed E-state index contributed by atoms with van der Waals surface area (Å²) in [4.78, 5) is 34.8. The Hall–Kier alpha value is -2.63. The predicted octanol–water partition coefficient (Wildman–Crippen LogP) is 3.75. The van der Waals surface area contributed by atoms with Gasteiger partial charge >= 0.3 is 12.1 Å². The number of ketones is 1. The summed E-state index contributed by atoms with van der Waals surface area (Å²) in [6, 6.07) is 7.05. The molecule has 0 heterocycles. The van der Waals surface area contributed by atoms with Crippen LogP contribution in [0.15, 0.2) is 30.3 Å². The molecule has 0 saturated heterocycles. The van der Waals surface area contributed by atoms with Gasteiger partial charge in [-0.2, -0.15) is 0 Å². The molecule has 0 aromatic heterocycles. The third kappa shape index (κ3) is 9.01. The summed E-state index contributed by atoms with van der Waals surface area (Å²) in [6.07, 6.45) is 3.38. The maximum atomic E-state index is 12.0. The zero-order valence-corrected chi connectivity index (χ0v) is 15.8. The number of amides is 1. The van der Waals surface area contributed by atoms with Gasteiger partial charge in [0.2, 0.25) is 0 Å². The molecule has 6 heteroatoms. The van der Waals surface area contributed by atoms with Crippen LogP contribution in [0.5, 0.6) is 0 Å². The van der Waals surface area contributed by atoms with Crippen LogP contribution in [0.25, 0.3) is 6.08 Å². The minimum Gasteiger partial charge on any atom is -0.466 e. The standard InChI is InChI=1S/C20H27NO5/c1-5-25-18(23)13-12-17(22)16-10-8-15(9-11-16)7-6-14-21-19(24)26-20(2,3)4/h6-11H,5,12-14H2,1-4H3,(H,21,24). The van der Waals surface area contributed by atoms with E-state index in [9.17, 15) is 14.4 Å². The highest BCUT2D eigenvalue weighted by Gasteiger charge is 2.15. The Morgan fingerprint density at radius 2 is 1.73 bits per heavy atom. The van der Waals surface area contributed by atoms with Gasteiger partial charge in [0, 0.05) is 18.5 Å². The summed E-state index contributed by atoms with van der Waals surface area (Å²) >= 11 is 0. The average Bonchev–Trinajstić information content (AvgIpc) is 2.56. The van der Waals surface area contributed by atoms with Crippen molar-refractivity contribution in [1.29, 1.82) is 0 Å². The number of rotatable bonds is 8. The summed E-state index contributed by atoms with van der Waals surface area (Å²) in [6.45, 7) is 7.80. The van der Waals surface area contributed by atoms with Gasteiger partial charge in [0.15, 0.2) is 5.78 Å². The van der Waals surface area contributed by atoms with Gasteiger partial charge in [0.05, 0.1) is 13.0 Å². The van der Waals surface area contributed by atoms with Crippen molar-refractivity contribution >= 4 is 23.9 Å². The lowest BCUT2D eigenvalue weighted by molar-refractivity contribution is -0.143. The lowest BCUT2D eigenvalue weighted by Crippen LogP contribution is -2.32. The minimum atomic E-state index is -0.524. The fraction of sp³-hybridized carbons (Fsp3) is 0.450. The Balaban J connectivity index is 2.43. The van der Waals surface area contributed by atoms with E-state index >= 15 is 0 Å². The maximum absolute atomic E-state index is 12.0. The molecule has 6 nitrogen and oxygen atoms in total. The van der Waals surface area contributed by atoms with Gasteiger partial charge < -0.3 is 14.8 Å². The highest BCUT2D eigenvalue weighted by molar-refractivity contribution is 5.97. The van der Waals surface area contributed by atoms with Gasteiger partial charge in [-0.1, -0.05) is 36.4 Å². The van der Waals surface area contributed by atoms with Crippen molar-refractivity contribution in [3.8, 4) is 0 Å². The van der Waals surface area contributed by atoms with Gasteiger partial charge in [-0.15, -0.1) is 0 Å². The Kier molecular flexibility index (Phi) is 8.55. The number of nitrogens with one attached hydrogen (secondary N) is 1. The fourth-order valence-corrected chi connectivity index (χ4v) is 2.02. The van der Waals surface area contributed by atoms with E-state index in [1.807, 2.05) is 18.2 Å². The summed E-state index contributed by atoms with van der Waals surface area (Å²) < 4.78 is 9.94. The van der Waals surface area contributed by atoms with Gasteiger partial charge in [-0.25, -0.2) is 4.79 Å². The van der Waals surface area contributed by atoms with Gasteiger partial charge in [0.1, 0.15) is 5.60 Å². The van der Waals surface area contributed by atoms with Crippen LogP contribution in [0, 0.1) is 0 Å². The van der Waals surface area contributed by atoms with Crippen LogP contribution < -0.4 is 5.32 Å². The first-order chi connectivity index (χ1) is 12.2. The molecule has 0 atom stereocenters. The Morgan fingerprint density at radius 1 is 1.08 bits per heavy atom. The Bertz CT molecular complexity index is 641. The molecule has 0 radical (unpaired) electrons. The van der Waals surface area contributed by atoms with Crippen LogP contribution in [-0.2, 0) is 14.3 Å². The highest BCUT2D eigenvalue weighted by atomic mass is 16.6. The van der Waals surface area contributed by atoms with Crippen LogP contribution in [0.2, 0.25) is 0 Å². The Labute approximate surface area is 154 Å². The molecule has 0 unspecified atom stereocenters. The summed E-state index contributed by atoms with van der Waals surface area (Å²) in [5.41, 5.74) is 0.931. The van der Waals surface area contributed by atoms with Gasteiger partial charge in [-0.3, -0.25) is 9.59 Å². The van der Waals surface area contributed by atoms with Crippen LogP contribution in [0.4, 0.5) is 4.79 Å². The van der Waals surface area contributed by atoms with Crippen LogP contribution in [0.3, 0.4) is 0 Å². The first-order valence-electron chi connectivity index (χ1n) is 8.63. The number of Topliss-reactive ketones (excluding diaryl/α,β-unsaturated/α-hetero) is 1. The van der Waals surface area contributed by atoms with Crippen molar-refractivity contribution in [2.75, 3.05) is 13.2 Å². The number of carbonyl (C=O) groups excluding carboxylic acids is 3. The second kappa shape index (κ2) is 10.4. The quantitative estimate of drug-likeness (QED) is 0.563. The molecule has 0 aliphatic heterocycles. The van der Waals surface area contributed by atoms with Crippen molar-refractivity contribution in [2.24, 2.45) is 0 Å². The van der Waals surface area contributed by atoms with Crippen molar-refractivity contribution in [3.05, 3.63) is 41.5 Å². The first kappa shape index (κ1) is 21.4. The van der Waals surface area contributed by atoms with Crippen molar-refractivity contribution in [2.45, 2.75) is 46.1 Å². The fourth-order valence-electron chi connectivity index (χ4n) is 2.02. The van der Waals surface area contributed by atoms with Gasteiger partial charge in [-0.05, 0) is 33.3 Å². The molecule has 0 aliphatic carbocycles. The third-order valence-electron chi connectivity index (χ3n) is 3.17. The van der Waals surface area contributed by atoms with E-state index in [4.69, 9.17) is 9.47 Å². The molecule has 26 heavy (non-hydrogen) atoms. The molecule has 1 N–H and O–H groups in total. The number of benzene rings is 1. The molecule has 0 bridgehead atoms. The lowest BCUT2D eigenvalue weighted by Gasteiger charge is -2.19. The Morgan fingerprint density at radius 3 is 2.31 bits per heavy atom. The normalized spacial score (nSPS) is 11.2. The second-order valence-electron chi connectivity index (χ2n) is 6.64. The molecular weight excluding hydrogens is 334 g/mol. The first-order valence-corrected chi connectivity index (χ1v) is 8.63. The maximum Gasteiger partial charge on any atom is 0.407 e. The van der Waals surface area contributed by atoms with Crippen LogP contribution in [-0.4, -0.2) is 36.6 Å². The number of hydrogen-bond acceptors (Lipinski definition) is 5. The van der Waals surface area contributed by atoms with Crippen molar-refractivity contribution in [1.82, 2.24) is 5.32 Å². The van der Waals surface area contributed by atoms with E-state index in [2.05, 4.69) is 5.32 Å². The number of carbonyl (C=O) groups is 3. The highest BCUT2D eigenvalue weighted by Crippen LogP contribution is 2.10. The molecule has 0 fully saturated rings. The zero-order chi connectivity index (χ0) is 19.6. The van der Waals surface area contributed by atoms with E-state index in [1.54, 1.807) is 45.9 Å². The van der Waals surface area contributed by atoms with E-state index in [0.29, 0.717) is 18.7 Å². The molecule has 0 aliphatic rings. The van der Waals surface area contributed by atoms with Crippen molar-refractivity contribution in [3.63, 3.8) is 0 Å². The number of hydrogen-bond donors (Lipinski definition) is 1. The smallest absolute Gasteiger partial charge is 0.407 e. The molecule has 0 spiro atoms. The summed E-state index contributed by atoms with van der Waals surface area (Å²) in [7, 11) is 0. The second-order valence-corrected chi connectivity index (χ2v) is 6.64. The molecule has 1 aromatic carbocycles. The molecular formula is C20H27NO5. The van der Waals surface area contributed by atoms with Crippen molar-refractivity contribution < 1.29 is 23.9 Å². The lowest BCUT2D eigenvalue weighted by atomic mass is 10.0. The monoisotopic (exact) mass is 361 g/mol. The average molecular weight is 361 g/mol. The number of esters is 1. The van der Waals surface area contributed by atoms with Crippen LogP contribution in [0.1, 0.15) is 56.5 Å². The van der Waals surface area contributed by atoms with Gasteiger partial charge in [0.25, 0.3) is 0 Å². The molecule has 1 rings (SSSR count). The molecule has 142 valence electrons. The summed E-state index contributed by atoms with van der Waals surface area (Å²) in [5, 5.41) is 2.63. The SMILES string of the molecule is CCOC(=O)CCC(=O)c1ccc(C=CCNC(=O)OC(C)(C)C)cc1. The van der Waals surface area contributed by atoms with E-state index < -0.39 is 11.7 Å². The summed E-state index contributed by atoms with van der Waals surface area (Å²) in [5.74, 6) is -0.460. The molecule has 1 aromatic rings. The predicted molar refractivity (Wildman–Crippen MR) is 99.9 cm³/mol. The largest absolute Gasteiger partial charge is 0.466 e. The zero-order valence-electron chi connectivity index (χ0n) is 15.8. The minimum absolute atomic E-state index is 0.0880. The van der Waals surface area contributed by atoms with E-state index in [0.717, 1.165) is 5.56 Å². The number of ether oxygens (including phenoxy) is 2. The van der Waals surface area contributed by atoms with Crippen LogP contribution >= 0.6 is 0 Å². The molecule has 1 amide bonds. The topological polar surface area (TPSA) is 81.7 Å². The molecule has 0 saturated carbocycles. The van der Waals surface area contributed by atoms with E-state index in [-0.39, 0.29) is 24.6 Å². The number of alkyl carbamates (subject to hydrolysis) is 1. The third-order valence-corrected chi connectivity index (χ3v) is 3.17.